The van der Waals surface area contributed by atoms with Gasteiger partial charge in [-0.3, -0.25) is 4.79 Å². The summed E-state index contributed by atoms with van der Waals surface area (Å²) in [4.78, 5) is 24.1. The summed E-state index contributed by atoms with van der Waals surface area (Å²) in [6, 6.07) is 19.9. The number of hydrogen-bond acceptors (Lipinski definition) is 5. The molecule has 29 heavy (non-hydrogen) atoms. The van der Waals surface area contributed by atoms with Crippen LogP contribution in [0, 0.1) is 0 Å². The molecular weight excluding hydrogens is 392 g/mol. The van der Waals surface area contributed by atoms with E-state index in [0.29, 0.717) is 27.6 Å². The van der Waals surface area contributed by atoms with Gasteiger partial charge in [0.25, 0.3) is 5.91 Å². The number of methoxy groups -OCH3 is 1. The van der Waals surface area contributed by atoms with Gasteiger partial charge < -0.3 is 9.47 Å². The van der Waals surface area contributed by atoms with Gasteiger partial charge in [-0.25, -0.2) is 10.2 Å². The van der Waals surface area contributed by atoms with E-state index in [-0.39, 0.29) is 5.91 Å². The highest BCUT2D eigenvalue weighted by Crippen LogP contribution is 2.16. The first-order chi connectivity index (χ1) is 14.0. The highest BCUT2D eigenvalue weighted by atomic mass is 35.5. The van der Waals surface area contributed by atoms with Crippen molar-refractivity contribution in [2.75, 3.05) is 7.11 Å². The Kier molecular flexibility index (Phi) is 6.60. The molecule has 1 N–H and O–H groups in total. The fraction of sp³-hybridized carbons (Fsp3) is 0.0455. The molecule has 0 fully saturated rings. The number of nitrogens with one attached hydrogen (secondary N) is 1. The molecule has 0 spiro atoms. The van der Waals surface area contributed by atoms with Gasteiger partial charge in [0.05, 0.1) is 18.9 Å². The lowest BCUT2D eigenvalue weighted by Crippen LogP contribution is -2.17. The van der Waals surface area contributed by atoms with Gasteiger partial charge in [-0.2, -0.15) is 5.10 Å². The van der Waals surface area contributed by atoms with Crippen molar-refractivity contribution in [1.82, 2.24) is 5.43 Å². The minimum atomic E-state index is -0.499. The minimum Gasteiger partial charge on any atom is -0.497 e. The molecule has 0 aliphatic carbocycles. The average molecular weight is 409 g/mol. The number of ether oxygens (including phenoxy) is 2. The Morgan fingerprint density at radius 1 is 0.931 bits per heavy atom. The molecule has 0 saturated heterocycles. The predicted octanol–water partition coefficient (Wildman–Crippen LogP) is 4.33. The van der Waals surface area contributed by atoms with Crippen LogP contribution in [0.15, 0.2) is 77.9 Å². The lowest BCUT2D eigenvalue weighted by molar-refractivity contribution is 0.0734. The van der Waals surface area contributed by atoms with Crippen molar-refractivity contribution in [1.29, 1.82) is 0 Å². The van der Waals surface area contributed by atoms with Crippen LogP contribution < -0.4 is 14.9 Å². The first kappa shape index (κ1) is 20.1. The molecule has 1 amide bonds. The molecule has 146 valence electrons. The number of rotatable bonds is 6. The van der Waals surface area contributed by atoms with E-state index in [1.807, 2.05) is 0 Å². The third-order valence-corrected chi connectivity index (χ3v) is 4.12. The molecule has 0 saturated carbocycles. The number of amides is 1. The second-order valence-electron chi connectivity index (χ2n) is 5.90. The molecule has 7 heteroatoms. The molecule has 0 bridgehead atoms. The van der Waals surface area contributed by atoms with Crippen LogP contribution in [0.3, 0.4) is 0 Å². The van der Waals surface area contributed by atoms with Gasteiger partial charge >= 0.3 is 5.97 Å². The van der Waals surface area contributed by atoms with E-state index in [4.69, 9.17) is 21.1 Å². The molecule has 0 radical (unpaired) electrons. The van der Waals surface area contributed by atoms with E-state index in [1.54, 1.807) is 73.8 Å². The van der Waals surface area contributed by atoms with Crippen molar-refractivity contribution in [3.63, 3.8) is 0 Å². The van der Waals surface area contributed by atoms with Crippen LogP contribution in [0.25, 0.3) is 0 Å². The molecule has 0 aromatic heterocycles. The number of nitrogens with zero attached hydrogens (tertiary/aromatic N) is 1. The maximum Gasteiger partial charge on any atom is 0.343 e. The minimum absolute atomic E-state index is 0.337. The van der Waals surface area contributed by atoms with Crippen molar-refractivity contribution in [3.05, 3.63) is 94.5 Å². The quantitative estimate of drug-likeness (QED) is 0.285. The fourth-order valence-electron chi connectivity index (χ4n) is 2.38. The van der Waals surface area contributed by atoms with Gasteiger partial charge in [0.1, 0.15) is 11.5 Å². The Balaban J connectivity index is 1.55. The fourth-order valence-corrected chi connectivity index (χ4v) is 2.57. The lowest BCUT2D eigenvalue weighted by atomic mass is 10.2. The van der Waals surface area contributed by atoms with E-state index in [1.165, 1.54) is 12.3 Å². The third kappa shape index (κ3) is 5.67. The van der Waals surface area contributed by atoms with Crippen molar-refractivity contribution in [2.45, 2.75) is 0 Å². The van der Waals surface area contributed by atoms with E-state index in [0.717, 1.165) is 5.56 Å². The average Bonchev–Trinajstić information content (AvgIpc) is 2.75. The maximum atomic E-state index is 12.1. The molecule has 3 aromatic carbocycles. The lowest BCUT2D eigenvalue weighted by Gasteiger charge is -2.05. The number of esters is 1. The topological polar surface area (TPSA) is 77.0 Å². The van der Waals surface area contributed by atoms with Crippen LogP contribution in [0.2, 0.25) is 5.02 Å². The molecule has 0 aliphatic heterocycles. The van der Waals surface area contributed by atoms with E-state index in [2.05, 4.69) is 10.5 Å². The molecule has 3 aromatic rings. The Bertz CT molecular complexity index is 1030. The highest BCUT2D eigenvalue weighted by Gasteiger charge is 2.09. The largest absolute Gasteiger partial charge is 0.497 e. The molecular formula is C22H17ClN2O4. The van der Waals surface area contributed by atoms with Gasteiger partial charge in [0, 0.05) is 10.6 Å². The summed E-state index contributed by atoms with van der Waals surface area (Å²) in [5.74, 6) is 0.215. The van der Waals surface area contributed by atoms with Gasteiger partial charge in [-0.1, -0.05) is 17.7 Å². The summed E-state index contributed by atoms with van der Waals surface area (Å²) < 4.78 is 10.4. The zero-order valence-corrected chi connectivity index (χ0v) is 16.2. The Morgan fingerprint density at radius 3 is 2.28 bits per heavy atom. The van der Waals surface area contributed by atoms with Crippen molar-refractivity contribution >= 4 is 29.7 Å². The second-order valence-corrected chi connectivity index (χ2v) is 6.33. The van der Waals surface area contributed by atoms with E-state index in [9.17, 15) is 9.59 Å². The first-order valence-electron chi connectivity index (χ1n) is 8.60. The summed E-state index contributed by atoms with van der Waals surface area (Å²) >= 11 is 5.88. The van der Waals surface area contributed by atoms with Crippen LogP contribution >= 0.6 is 11.6 Å². The normalized spacial score (nSPS) is 10.6. The Morgan fingerprint density at radius 2 is 1.62 bits per heavy atom. The molecule has 0 atom stereocenters. The second kappa shape index (κ2) is 9.52. The number of halogens is 1. The molecule has 6 nitrogen and oxygen atoms in total. The number of carbonyl (C=O) groups is 2. The highest BCUT2D eigenvalue weighted by molar-refractivity contribution is 6.30. The van der Waals surface area contributed by atoms with Crippen molar-refractivity contribution in [2.24, 2.45) is 5.10 Å². The van der Waals surface area contributed by atoms with Crippen LogP contribution in [-0.4, -0.2) is 25.2 Å². The molecule has 0 aliphatic rings. The summed E-state index contributed by atoms with van der Waals surface area (Å²) in [7, 11) is 1.56. The monoisotopic (exact) mass is 408 g/mol. The Labute approximate surface area is 172 Å². The molecule has 0 heterocycles. The summed E-state index contributed by atoms with van der Waals surface area (Å²) in [6.45, 7) is 0. The van der Waals surface area contributed by atoms with Gasteiger partial charge in [0.2, 0.25) is 0 Å². The van der Waals surface area contributed by atoms with Gasteiger partial charge in [0.15, 0.2) is 0 Å². The maximum absolute atomic E-state index is 12.1. The number of hydrogen-bond donors (Lipinski definition) is 1. The van der Waals surface area contributed by atoms with E-state index >= 15 is 0 Å². The van der Waals surface area contributed by atoms with Gasteiger partial charge in [-0.15, -0.1) is 0 Å². The third-order valence-electron chi connectivity index (χ3n) is 3.88. The van der Waals surface area contributed by atoms with Crippen LogP contribution in [0.5, 0.6) is 11.5 Å². The van der Waals surface area contributed by atoms with Crippen molar-refractivity contribution in [3.8, 4) is 11.5 Å². The zero-order chi connectivity index (χ0) is 20.6. The predicted molar refractivity (Wildman–Crippen MR) is 111 cm³/mol. The summed E-state index contributed by atoms with van der Waals surface area (Å²) in [5.41, 5.74) is 4.00. The smallest absolute Gasteiger partial charge is 0.343 e. The van der Waals surface area contributed by atoms with E-state index < -0.39 is 5.97 Å². The summed E-state index contributed by atoms with van der Waals surface area (Å²) in [6.07, 6.45) is 1.49. The van der Waals surface area contributed by atoms with Crippen LogP contribution in [-0.2, 0) is 0 Å². The standard InChI is InChI=1S/C22H17ClN2O4/c1-28-19-11-7-16(8-12-19)21(26)25-24-14-15-5-9-20(10-6-15)29-22(27)17-3-2-4-18(23)13-17/h2-14H,1H3,(H,25,26)/b24-14+. The van der Waals surface area contributed by atoms with Gasteiger partial charge in [-0.05, 0) is 72.3 Å². The number of benzene rings is 3. The SMILES string of the molecule is COc1ccc(C(=O)N/N=C/c2ccc(OC(=O)c3cccc(Cl)c3)cc2)cc1. The molecule has 3 rings (SSSR count). The molecule has 0 unspecified atom stereocenters. The van der Waals surface area contributed by atoms with Crippen LogP contribution in [0.1, 0.15) is 26.3 Å². The number of carbonyl (C=O) groups excluding carboxylic acids is 2. The first-order valence-corrected chi connectivity index (χ1v) is 8.98. The Hall–Kier alpha value is -3.64. The zero-order valence-electron chi connectivity index (χ0n) is 15.5. The van der Waals surface area contributed by atoms with Crippen LogP contribution in [0.4, 0.5) is 0 Å². The summed E-state index contributed by atoms with van der Waals surface area (Å²) in [5, 5.41) is 4.39. The van der Waals surface area contributed by atoms with Crippen molar-refractivity contribution < 1.29 is 19.1 Å². The number of hydrazone groups is 1.